The molecule has 18 heavy (non-hydrogen) atoms. The summed E-state index contributed by atoms with van der Waals surface area (Å²) in [4.78, 5) is 16.3. The van der Waals surface area contributed by atoms with Crippen molar-refractivity contribution >= 4 is 5.91 Å². The van der Waals surface area contributed by atoms with Crippen LogP contribution in [0, 0.1) is 5.41 Å². The number of carbonyl (C=O) groups excluding carboxylic acids is 1. The number of nitrogens with zero attached hydrogens (tertiary/aromatic N) is 1. The summed E-state index contributed by atoms with van der Waals surface area (Å²) in [5, 5.41) is 6.40. The highest BCUT2D eigenvalue weighted by molar-refractivity contribution is 5.83. The van der Waals surface area contributed by atoms with E-state index in [9.17, 15) is 4.79 Å². The number of pyridine rings is 1. The zero-order chi connectivity index (χ0) is 13.0. The molecule has 2 rings (SSSR count). The lowest BCUT2D eigenvalue weighted by Gasteiger charge is -2.33. The van der Waals surface area contributed by atoms with Gasteiger partial charge in [-0.3, -0.25) is 9.78 Å². The Balaban J connectivity index is 1.98. The third kappa shape index (κ3) is 2.88. The molecule has 0 spiro atoms. The second-order valence-electron chi connectivity index (χ2n) is 5.32. The van der Waals surface area contributed by atoms with Crippen LogP contribution in [0.3, 0.4) is 0 Å². The van der Waals surface area contributed by atoms with Crippen LogP contribution in [-0.2, 0) is 4.79 Å². The Bertz CT molecular complexity index is 399. The predicted octanol–water partition coefficient (Wildman–Crippen LogP) is 1.65. The zero-order valence-electron chi connectivity index (χ0n) is 11.1. The number of nitrogens with one attached hydrogen (secondary N) is 2. The maximum atomic E-state index is 12.3. The fourth-order valence-corrected chi connectivity index (χ4v) is 2.36. The van der Waals surface area contributed by atoms with Gasteiger partial charge in [0.1, 0.15) is 0 Å². The molecule has 2 heterocycles. The Morgan fingerprint density at radius 1 is 1.50 bits per heavy atom. The van der Waals surface area contributed by atoms with E-state index in [0.29, 0.717) is 0 Å². The van der Waals surface area contributed by atoms with E-state index in [2.05, 4.69) is 15.6 Å². The van der Waals surface area contributed by atoms with E-state index in [1.165, 1.54) is 0 Å². The van der Waals surface area contributed by atoms with Gasteiger partial charge in [-0.05, 0) is 50.9 Å². The third-order valence-electron chi connectivity index (χ3n) is 3.70. The molecular formula is C14H21N3O. The molecule has 0 bridgehead atoms. The van der Waals surface area contributed by atoms with Crippen LogP contribution in [0.25, 0.3) is 0 Å². The van der Waals surface area contributed by atoms with Crippen molar-refractivity contribution in [2.24, 2.45) is 5.41 Å². The summed E-state index contributed by atoms with van der Waals surface area (Å²) >= 11 is 0. The molecule has 1 aliphatic heterocycles. The van der Waals surface area contributed by atoms with Crippen molar-refractivity contribution in [2.75, 3.05) is 13.1 Å². The predicted molar refractivity (Wildman–Crippen MR) is 71.0 cm³/mol. The average Bonchev–Trinajstić information content (AvgIpc) is 2.40. The highest BCUT2D eigenvalue weighted by Crippen LogP contribution is 2.26. The Labute approximate surface area is 108 Å². The lowest BCUT2D eigenvalue weighted by molar-refractivity contribution is -0.131. The van der Waals surface area contributed by atoms with Crippen LogP contribution in [0.4, 0.5) is 0 Å². The van der Waals surface area contributed by atoms with E-state index in [4.69, 9.17) is 0 Å². The third-order valence-corrected chi connectivity index (χ3v) is 3.70. The largest absolute Gasteiger partial charge is 0.349 e. The van der Waals surface area contributed by atoms with E-state index in [1.54, 1.807) is 12.4 Å². The molecule has 2 unspecified atom stereocenters. The van der Waals surface area contributed by atoms with Crippen LogP contribution >= 0.6 is 0 Å². The van der Waals surface area contributed by atoms with E-state index in [-0.39, 0.29) is 17.4 Å². The van der Waals surface area contributed by atoms with Crippen molar-refractivity contribution < 1.29 is 4.79 Å². The number of amides is 1. The van der Waals surface area contributed by atoms with Crippen LogP contribution < -0.4 is 10.6 Å². The average molecular weight is 247 g/mol. The first-order chi connectivity index (χ1) is 8.62. The molecule has 1 aromatic heterocycles. The topological polar surface area (TPSA) is 54.0 Å². The summed E-state index contributed by atoms with van der Waals surface area (Å²) in [6, 6.07) is 3.90. The van der Waals surface area contributed by atoms with Gasteiger partial charge in [-0.25, -0.2) is 0 Å². The number of hydrogen-bond donors (Lipinski definition) is 2. The van der Waals surface area contributed by atoms with Gasteiger partial charge in [0.05, 0.1) is 11.5 Å². The maximum absolute atomic E-state index is 12.3. The van der Waals surface area contributed by atoms with Crippen molar-refractivity contribution in [1.29, 1.82) is 0 Å². The monoisotopic (exact) mass is 247 g/mol. The summed E-state index contributed by atoms with van der Waals surface area (Å²) in [6.45, 7) is 5.82. The molecule has 0 radical (unpaired) electrons. The second-order valence-corrected chi connectivity index (χ2v) is 5.32. The van der Waals surface area contributed by atoms with Gasteiger partial charge in [0.2, 0.25) is 5.91 Å². The Morgan fingerprint density at radius 3 is 2.83 bits per heavy atom. The van der Waals surface area contributed by atoms with Gasteiger partial charge in [-0.15, -0.1) is 0 Å². The van der Waals surface area contributed by atoms with Crippen LogP contribution in [0.5, 0.6) is 0 Å². The minimum atomic E-state index is -0.278. The van der Waals surface area contributed by atoms with Crippen LogP contribution in [0.2, 0.25) is 0 Å². The molecule has 1 fully saturated rings. The number of aromatic nitrogens is 1. The lowest BCUT2D eigenvalue weighted by Crippen LogP contribution is -2.49. The fourth-order valence-electron chi connectivity index (χ4n) is 2.36. The van der Waals surface area contributed by atoms with E-state index < -0.39 is 0 Å². The molecule has 4 heteroatoms. The quantitative estimate of drug-likeness (QED) is 0.854. The molecule has 1 aromatic rings. The smallest absolute Gasteiger partial charge is 0.227 e. The van der Waals surface area contributed by atoms with Crippen LogP contribution in [0.15, 0.2) is 24.5 Å². The van der Waals surface area contributed by atoms with Gasteiger partial charge in [0.25, 0.3) is 0 Å². The van der Waals surface area contributed by atoms with Crippen molar-refractivity contribution in [3.8, 4) is 0 Å². The van der Waals surface area contributed by atoms with Gasteiger partial charge < -0.3 is 10.6 Å². The minimum Gasteiger partial charge on any atom is -0.349 e. The molecule has 98 valence electrons. The Kier molecular flexibility index (Phi) is 3.97. The van der Waals surface area contributed by atoms with E-state index in [1.807, 2.05) is 26.0 Å². The molecule has 1 aliphatic rings. The maximum Gasteiger partial charge on any atom is 0.227 e. The normalized spacial score (nSPS) is 25.4. The SMILES string of the molecule is CC(NC(=O)C1(C)CCCNC1)c1ccncc1. The number of carbonyl (C=O) groups is 1. The molecule has 1 saturated heterocycles. The van der Waals surface area contributed by atoms with Crippen molar-refractivity contribution in [3.63, 3.8) is 0 Å². The first-order valence-electron chi connectivity index (χ1n) is 6.53. The lowest BCUT2D eigenvalue weighted by atomic mass is 9.81. The molecule has 0 saturated carbocycles. The van der Waals surface area contributed by atoms with Gasteiger partial charge in [0.15, 0.2) is 0 Å². The molecule has 0 aliphatic carbocycles. The Hall–Kier alpha value is -1.42. The zero-order valence-corrected chi connectivity index (χ0v) is 11.1. The number of rotatable bonds is 3. The fraction of sp³-hybridized carbons (Fsp3) is 0.571. The van der Waals surface area contributed by atoms with Crippen molar-refractivity contribution in [2.45, 2.75) is 32.7 Å². The molecule has 0 aromatic carbocycles. The minimum absolute atomic E-state index is 0.0271. The van der Waals surface area contributed by atoms with E-state index in [0.717, 1.165) is 31.5 Å². The number of hydrogen-bond acceptors (Lipinski definition) is 3. The van der Waals surface area contributed by atoms with Gasteiger partial charge in [-0.1, -0.05) is 0 Å². The van der Waals surface area contributed by atoms with E-state index >= 15 is 0 Å². The van der Waals surface area contributed by atoms with Gasteiger partial charge >= 0.3 is 0 Å². The van der Waals surface area contributed by atoms with Gasteiger partial charge in [-0.2, -0.15) is 0 Å². The summed E-state index contributed by atoms with van der Waals surface area (Å²) in [5.74, 6) is 0.138. The standard InChI is InChI=1S/C14H21N3O/c1-11(12-4-8-15-9-5-12)17-13(18)14(2)6-3-7-16-10-14/h4-5,8-9,11,16H,3,6-7,10H2,1-2H3,(H,17,18). The molecule has 2 N–H and O–H groups in total. The summed E-state index contributed by atoms with van der Waals surface area (Å²) in [5.41, 5.74) is 0.810. The molecule has 4 nitrogen and oxygen atoms in total. The first kappa shape index (κ1) is 13.0. The molecular weight excluding hydrogens is 226 g/mol. The highest BCUT2D eigenvalue weighted by atomic mass is 16.2. The second kappa shape index (κ2) is 5.48. The summed E-state index contributed by atoms with van der Waals surface area (Å²) in [6.07, 6.45) is 5.52. The Morgan fingerprint density at radius 2 is 2.22 bits per heavy atom. The number of piperidine rings is 1. The highest BCUT2D eigenvalue weighted by Gasteiger charge is 2.35. The van der Waals surface area contributed by atoms with Crippen molar-refractivity contribution in [1.82, 2.24) is 15.6 Å². The summed E-state index contributed by atoms with van der Waals surface area (Å²) in [7, 11) is 0. The van der Waals surface area contributed by atoms with Gasteiger partial charge in [0, 0.05) is 18.9 Å². The van der Waals surface area contributed by atoms with Crippen LogP contribution in [-0.4, -0.2) is 24.0 Å². The van der Waals surface area contributed by atoms with Crippen molar-refractivity contribution in [3.05, 3.63) is 30.1 Å². The molecule has 1 amide bonds. The summed E-state index contributed by atoms with van der Waals surface area (Å²) < 4.78 is 0. The first-order valence-corrected chi connectivity index (χ1v) is 6.53. The molecule has 2 atom stereocenters. The van der Waals surface area contributed by atoms with Crippen LogP contribution in [0.1, 0.15) is 38.3 Å².